The summed E-state index contributed by atoms with van der Waals surface area (Å²) < 4.78 is 0. The molecule has 0 unspecified atom stereocenters. The van der Waals surface area contributed by atoms with Crippen LogP contribution in [0.5, 0.6) is 0 Å². The van der Waals surface area contributed by atoms with Crippen molar-refractivity contribution < 1.29 is 4.79 Å². The number of nitrogens with zero attached hydrogens (tertiary/aromatic N) is 1. The average Bonchev–Trinajstić information content (AvgIpc) is 2.34. The smallest absolute Gasteiger partial charge is 0.254 e. The van der Waals surface area contributed by atoms with Crippen molar-refractivity contribution in [2.45, 2.75) is 59.4 Å². The maximum Gasteiger partial charge on any atom is 0.254 e. The second-order valence-electron chi connectivity index (χ2n) is 7.24. The summed E-state index contributed by atoms with van der Waals surface area (Å²) in [7, 11) is -1.46. The van der Waals surface area contributed by atoms with Crippen molar-refractivity contribution in [3.05, 3.63) is 29.3 Å². The molecule has 0 atom stereocenters. The van der Waals surface area contributed by atoms with Gasteiger partial charge in [0.25, 0.3) is 5.91 Å². The van der Waals surface area contributed by atoms with Crippen LogP contribution >= 0.6 is 0 Å². The zero-order chi connectivity index (χ0) is 17.1. The minimum absolute atomic E-state index is 0.00773. The summed E-state index contributed by atoms with van der Waals surface area (Å²) in [6, 6.07) is 5.71. The Morgan fingerprint density at radius 3 is 2.09 bits per heavy atom. The first kappa shape index (κ1) is 18.3. The zero-order valence-electron chi connectivity index (χ0n) is 14.8. The Balaban J connectivity index is 3.23. The molecule has 1 amide bonds. The summed E-state index contributed by atoms with van der Waals surface area (Å²) in [5, 5.41) is 0. The SMILES string of the molecule is CC(C)N(C(=O)c1cc(N)cc(C#C[Si](C)(C)C)c1)C(C)C. The van der Waals surface area contributed by atoms with Gasteiger partial charge in [0.15, 0.2) is 0 Å². The number of nitrogens with two attached hydrogens (primary N) is 1. The van der Waals surface area contributed by atoms with Crippen molar-refractivity contribution in [3.8, 4) is 11.5 Å². The Bertz CT molecular complexity index is 596. The number of anilines is 1. The van der Waals surface area contributed by atoms with Crippen molar-refractivity contribution >= 4 is 19.7 Å². The predicted molar refractivity (Wildman–Crippen MR) is 97.5 cm³/mol. The molecular weight excluding hydrogens is 288 g/mol. The summed E-state index contributed by atoms with van der Waals surface area (Å²) >= 11 is 0. The van der Waals surface area contributed by atoms with Crippen LogP contribution in [0.25, 0.3) is 0 Å². The quantitative estimate of drug-likeness (QED) is 0.524. The van der Waals surface area contributed by atoms with E-state index in [0.717, 1.165) is 5.56 Å². The first-order chi connectivity index (χ1) is 10.0. The summed E-state index contributed by atoms with van der Waals surface area (Å²) in [4.78, 5) is 14.6. The summed E-state index contributed by atoms with van der Waals surface area (Å²) in [6.07, 6.45) is 0. The highest BCUT2D eigenvalue weighted by atomic mass is 28.3. The van der Waals surface area contributed by atoms with Crippen LogP contribution in [-0.4, -0.2) is 31.0 Å². The molecule has 120 valence electrons. The normalized spacial score (nSPS) is 11.3. The molecule has 0 aromatic heterocycles. The van der Waals surface area contributed by atoms with Crippen molar-refractivity contribution in [1.82, 2.24) is 4.90 Å². The van der Waals surface area contributed by atoms with Crippen LogP contribution in [0, 0.1) is 11.5 Å². The number of carbonyl (C=O) groups is 1. The Kier molecular flexibility index (Phi) is 5.84. The van der Waals surface area contributed by atoms with Crippen molar-refractivity contribution in [1.29, 1.82) is 0 Å². The molecule has 0 spiro atoms. The van der Waals surface area contributed by atoms with Gasteiger partial charge in [-0.1, -0.05) is 25.6 Å². The number of rotatable bonds is 3. The van der Waals surface area contributed by atoms with Gasteiger partial charge in [0.05, 0.1) is 0 Å². The Morgan fingerprint density at radius 2 is 1.64 bits per heavy atom. The van der Waals surface area contributed by atoms with Crippen LogP contribution in [-0.2, 0) is 0 Å². The van der Waals surface area contributed by atoms with Gasteiger partial charge >= 0.3 is 0 Å². The van der Waals surface area contributed by atoms with Crippen LogP contribution in [0.2, 0.25) is 19.6 Å². The molecule has 22 heavy (non-hydrogen) atoms. The lowest BCUT2D eigenvalue weighted by atomic mass is 10.1. The van der Waals surface area contributed by atoms with Crippen molar-refractivity contribution in [2.75, 3.05) is 5.73 Å². The molecule has 3 nitrogen and oxygen atoms in total. The van der Waals surface area contributed by atoms with Gasteiger partial charge in [0, 0.05) is 28.9 Å². The zero-order valence-corrected chi connectivity index (χ0v) is 15.8. The van der Waals surface area contributed by atoms with E-state index in [0.29, 0.717) is 11.3 Å². The molecule has 1 aromatic carbocycles. The predicted octanol–water partition coefficient (Wildman–Crippen LogP) is 3.76. The lowest BCUT2D eigenvalue weighted by Gasteiger charge is -2.31. The van der Waals surface area contributed by atoms with Crippen LogP contribution in [0.1, 0.15) is 43.6 Å². The third-order valence-electron chi connectivity index (χ3n) is 3.13. The van der Waals surface area contributed by atoms with E-state index < -0.39 is 8.07 Å². The summed E-state index contributed by atoms with van der Waals surface area (Å²) in [5.74, 6) is 3.19. The Labute approximate surface area is 135 Å². The number of hydrogen-bond donors (Lipinski definition) is 1. The number of carbonyl (C=O) groups excluding carboxylic acids is 1. The Morgan fingerprint density at radius 1 is 1.09 bits per heavy atom. The van der Waals surface area contributed by atoms with Gasteiger partial charge in [-0.2, -0.15) is 0 Å². The molecule has 0 aliphatic carbocycles. The molecule has 4 heteroatoms. The van der Waals surface area contributed by atoms with E-state index in [4.69, 9.17) is 5.73 Å². The molecule has 0 saturated carbocycles. The van der Waals surface area contributed by atoms with E-state index in [-0.39, 0.29) is 18.0 Å². The lowest BCUT2D eigenvalue weighted by Crippen LogP contribution is -2.42. The monoisotopic (exact) mass is 316 g/mol. The molecule has 1 rings (SSSR count). The van der Waals surface area contributed by atoms with E-state index >= 15 is 0 Å². The number of benzene rings is 1. The first-order valence-corrected chi connectivity index (χ1v) is 11.3. The van der Waals surface area contributed by atoms with E-state index in [9.17, 15) is 4.79 Å². The maximum absolute atomic E-state index is 12.8. The fourth-order valence-electron chi connectivity index (χ4n) is 2.32. The standard InChI is InChI=1S/C18H28N2OSi/c1-13(2)20(14(3)4)18(21)16-10-15(11-17(19)12-16)8-9-22(5,6)7/h10-14H,19H2,1-7H3. The van der Waals surface area contributed by atoms with Crippen LogP contribution < -0.4 is 5.73 Å². The van der Waals surface area contributed by atoms with E-state index in [1.807, 2.05) is 44.7 Å². The molecule has 0 heterocycles. The van der Waals surface area contributed by atoms with Crippen LogP contribution in [0.15, 0.2) is 18.2 Å². The minimum atomic E-state index is -1.46. The Hall–Kier alpha value is -1.73. The largest absolute Gasteiger partial charge is 0.399 e. The second-order valence-corrected chi connectivity index (χ2v) is 12.0. The molecule has 0 aliphatic heterocycles. The number of nitrogen functional groups attached to an aromatic ring is 1. The van der Waals surface area contributed by atoms with Gasteiger partial charge in [-0.15, -0.1) is 5.54 Å². The first-order valence-electron chi connectivity index (χ1n) is 7.77. The second kappa shape index (κ2) is 7.02. The van der Waals surface area contributed by atoms with Gasteiger partial charge in [0.1, 0.15) is 8.07 Å². The molecule has 2 N–H and O–H groups in total. The molecule has 0 radical (unpaired) electrons. The topological polar surface area (TPSA) is 46.3 Å². The summed E-state index contributed by atoms with van der Waals surface area (Å²) in [6.45, 7) is 14.7. The number of hydrogen-bond acceptors (Lipinski definition) is 2. The van der Waals surface area contributed by atoms with Gasteiger partial charge in [-0.3, -0.25) is 4.79 Å². The average molecular weight is 317 g/mol. The van der Waals surface area contributed by atoms with E-state index in [1.54, 1.807) is 6.07 Å². The molecule has 0 aliphatic rings. The molecule has 0 saturated heterocycles. The molecule has 0 fully saturated rings. The highest BCUT2D eigenvalue weighted by Gasteiger charge is 2.22. The van der Waals surface area contributed by atoms with Crippen LogP contribution in [0.4, 0.5) is 5.69 Å². The van der Waals surface area contributed by atoms with Gasteiger partial charge in [-0.25, -0.2) is 0 Å². The van der Waals surface area contributed by atoms with Crippen LogP contribution in [0.3, 0.4) is 0 Å². The maximum atomic E-state index is 12.8. The van der Waals surface area contributed by atoms with Gasteiger partial charge in [-0.05, 0) is 45.9 Å². The highest BCUT2D eigenvalue weighted by molar-refractivity contribution is 6.83. The van der Waals surface area contributed by atoms with Gasteiger partial charge in [0.2, 0.25) is 0 Å². The third kappa shape index (κ3) is 5.23. The van der Waals surface area contributed by atoms with Gasteiger partial charge < -0.3 is 10.6 Å². The van der Waals surface area contributed by atoms with E-state index in [2.05, 4.69) is 31.1 Å². The third-order valence-corrected chi connectivity index (χ3v) is 4.01. The molecule has 0 bridgehead atoms. The lowest BCUT2D eigenvalue weighted by molar-refractivity contribution is 0.0643. The molecule has 1 aromatic rings. The van der Waals surface area contributed by atoms with Crippen molar-refractivity contribution in [2.24, 2.45) is 0 Å². The summed E-state index contributed by atoms with van der Waals surface area (Å²) in [5.41, 5.74) is 11.3. The minimum Gasteiger partial charge on any atom is -0.399 e. The number of amides is 1. The molecular formula is C18H28N2OSi. The van der Waals surface area contributed by atoms with Crippen molar-refractivity contribution in [3.63, 3.8) is 0 Å². The highest BCUT2D eigenvalue weighted by Crippen LogP contribution is 2.17. The van der Waals surface area contributed by atoms with E-state index in [1.165, 1.54) is 0 Å². The fraction of sp³-hybridized carbons (Fsp3) is 0.500. The fourth-order valence-corrected chi connectivity index (χ4v) is 2.84.